The van der Waals surface area contributed by atoms with E-state index >= 15 is 0 Å². The standard InChI is InChI=1S/C21H23N3O3/c1-14-6-4-5-7-18(14)15-8-10-16(11-9-15)21(26)24-13-17(23-27-3)12-19(24)20(25)22-2/h4-11,19H,12-13H2,1-3H3,(H,22,25)/t19-/m0/s1. The summed E-state index contributed by atoms with van der Waals surface area (Å²) in [5.74, 6) is -0.401. The van der Waals surface area contributed by atoms with Crippen molar-refractivity contribution in [2.24, 2.45) is 5.16 Å². The Morgan fingerprint density at radius 3 is 2.48 bits per heavy atom. The van der Waals surface area contributed by atoms with Crippen molar-refractivity contribution < 1.29 is 14.4 Å². The van der Waals surface area contributed by atoms with E-state index in [1.54, 1.807) is 24.1 Å². The number of benzene rings is 2. The fourth-order valence-electron chi connectivity index (χ4n) is 3.37. The van der Waals surface area contributed by atoms with Crippen LogP contribution < -0.4 is 5.32 Å². The van der Waals surface area contributed by atoms with Crippen LogP contribution in [0.4, 0.5) is 0 Å². The van der Waals surface area contributed by atoms with Gasteiger partial charge in [0, 0.05) is 19.0 Å². The lowest BCUT2D eigenvalue weighted by Crippen LogP contribution is -2.44. The van der Waals surface area contributed by atoms with Crippen LogP contribution in [0.15, 0.2) is 53.7 Å². The van der Waals surface area contributed by atoms with Gasteiger partial charge in [0.15, 0.2) is 0 Å². The highest BCUT2D eigenvalue weighted by molar-refractivity contribution is 6.05. The highest BCUT2D eigenvalue weighted by atomic mass is 16.6. The maximum Gasteiger partial charge on any atom is 0.254 e. The summed E-state index contributed by atoms with van der Waals surface area (Å²) in [5.41, 5.74) is 4.58. The van der Waals surface area contributed by atoms with E-state index in [0.29, 0.717) is 17.7 Å². The first kappa shape index (κ1) is 18.6. The molecule has 1 aliphatic heterocycles. The molecule has 1 fully saturated rings. The van der Waals surface area contributed by atoms with Crippen molar-refractivity contribution in [3.8, 4) is 11.1 Å². The Hall–Kier alpha value is -3.15. The van der Waals surface area contributed by atoms with E-state index in [4.69, 9.17) is 4.84 Å². The lowest BCUT2D eigenvalue weighted by molar-refractivity contribution is -0.124. The summed E-state index contributed by atoms with van der Waals surface area (Å²) in [6.07, 6.45) is 0.376. The monoisotopic (exact) mass is 365 g/mol. The lowest BCUT2D eigenvalue weighted by Gasteiger charge is -2.22. The first-order valence-electron chi connectivity index (χ1n) is 8.82. The molecule has 3 rings (SSSR count). The fraction of sp³-hybridized carbons (Fsp3) is 0.286. The summed E-state index contributed by atoms with van der Waals surface area (Å²) in [4.78, 5) is 31.5. The number of amides is 2. The van der Waals surface area contributed by atoms with Crippen molar-refractivity contribution in [2.45, 2.75) is 19.4 Å². The second-order valence-electron chi connectivity index (χ2n) is 6.50. The van der Waals surface area contributed by atoms with E-state index < -0.39 is 6.04 Å². The lowest BCUT2D eigenvalue weighted by atomic mass is 9.99. The zero-order valence-corrected chi connectivity index (χ0v) is 15.7. The van der Waals surface area contributed by atoms with Gasteiger partial charge in [0.2, 0.25) is 5.91 Å². The number of carbonyl (C=O) groups excluding carboxylic acids is 2. The van der Waals surface area contributed by atoms with Crippen LogP contribution in [0, 0.1) is 6.92 Å². The number of carbonyl (C=O) groups is 2. The smallest absolute Gasteiger partial charge is 0.254 e. The minimum absolute atomic E-state index is 0.193. The second-order valence-corrected chi connectivity index (χ2v) is 6.50. The van der Waals surface area contributed by atoms with Gasteiger partial charge in [0.1, 0.15) is 13.2 Å². The number of likely N-dealkylation sites (N-methyl/N-ethyl adjacent to an activating group) is 1. The largest absolute Gasteiger partial charge is 0.399 e. The van der Waals surface area contributed by atoms with E-state index in [9.17, 15) is 9.59 Å². The molecule has 1 aliphatic rings. The Bertz CT molecular complexity index is 874. The van der Waals surface area contributed by atoms with E-state index in [0.717, 1.165) is 11.1 Å². The van der Waals surface area contributed by atoms with E-state index in [2.05, 4.69) is 29.5 Å². The Balaban J connectivity index is 1.85. The van der Waals surface area contributed by atoms with Crippen LogP contribution in [-0.2, 0) is 9.63 Å². The number of oxime groups is 1. The van der Waals surface area contributed by atoms with E-state index in [-0.39, 0.29) is 18.4 Å². The molecule has 0 aromatic heterocycles. The van der Waals surface area contributed by atoms with Crippen molar-refractivity contribution >= 4 is 17.5 Å². The molecule has 2 amide bonds. The third-order valence-corrected chi connectivity index (χ3v) is 4.78. The summed E-state index contributed by atoms with van der Waals surface area (Å²) >= 11 is 0. The van der Waals surface area contributed by atoms with Crippen LogP contribution in [0.1, 0.15) is 22.3 Å². The van der Waals surface area contributed by atoms with Crippen LogP contribution in [0.3, 0.4) is 0 Å². The van der Waals surface area contributed by atoms with Gasteiger partial charge in [-0.1, -0.05) is 41.6 Å². The highest BCUT2D eigenvalue weighted by Crippen LogP contribution is 2.25. The fourth-order valence-corrected chi connectivity index (χ4v) is 3.37. The SMILES string of the molecule is CNC(=O)[C@@H]1CC(=NOC)CN1C(=O)c1ccc(-c2ccccc2C)cc1. The van der Waals surface area contributed by atoms with E-state index in [1.807, 2.05) is 24.3 Å². The molecular weight excluding hydrogens is 342 g/mol. The quantitative estimate of drug-likeness (QED) is 0.847. The molecular formula is C21H23N3O3. The van der Waals surface area contributed by atoms with Crippen molar-refractivity contribution in [1.82, 2.24) is 10.2 Å². The van der Waals surface area contributed by atoms with Crippen LogP contribution in [-0.4, -0.2) is 49.2 Å². The average Bonchev–Trinajstić information content (AvgIpc) is 3.11. The predicted molar refractivity (Wildman–Crippen MR) is 105 cm³/mol. The molecule has 0 spiro atoms. The number of hydrogen-bond donors (Lipinski definition) is 1. The second kappa shape index (κ2) is 8.03. The molecule has 6 nitrogen and oxygen atoms in total. The van der Waals surface area contributed by atoms with E-state index in [1.165, 1.54) is 12.7 Å². The topological polar surface area (TPSA) is 71.0 Å². The summed E-state index contributed by atoms with van der Waals surface area (Å²) in [5, 5.41) is 6.54. The van der Waals surface area contributed by atoms with Gasteiger partial charge in [-0.2, -0.15) is 0 Å². The van der Waals surface area contributed by atoms with Crippen molar-refractivity contribution in [3.05, 3.63) is 59.7 Å². The molecule has 2 aromatic carbocycles. The van der Waals surface area contributed by atoms with Crippen LogP contribution in [0.25, 0.3) is 11.1 Å². The molecule has 1 atom stereocenters. The Labute approximate surface area is 158 Å². The van der Waals surface area contributed by atoms with Crippen LogP contribution in [0.2, 0.25) is 0 Å². The highest BCUT2D eigenvalue weighted by Gasteiger charge is 2.38. The number of aryl methyl sites for hydroxylation is 1. The summed E-state index contributed by atoms with van der Waals surface area (Å²) in [6.45, 7) is 2.34. The molecule has 0 radical (unpaired) electrons. The van der Waals surface area contributed by atoms with Gasteiger partial charge in [-0.25, -0.2) is 0 Å². The van der Waals surface area contributed by atoms with Crippen molar-refractivity contribution in [3.63, 3.8) is 0 Å². The van der Waals surface area contributed by atoms with Gasteiger partial charge in [-0.15, -0.1) is 0 Å². The van der Waals surface area contributed by atoms with Crippen LogP contribution in [0.5, 0.6) is 0 Å². The maximum atomic E-state index is 13.0. The molecule has 140 valence electrons. The third-order valence-electron chi connectivity index (χ3n) is 4.78. The van der Waals surface area contributed by atoms with Gasteiger partial charge in [0.05, 0.1) is 12.3 Å². The Morgan fingerprint density at radius 2 is 1.85 bits per heavy atom. The van der Waals surface area contributed by atoms with Crippen LogP contribution >= 0.6 is 0 Å². The molecule has 0 bridgehead atoms. The van der Waals surface area contributed by atoms with Gasteiger partial charge >= 0.3 is 0 Å². The zero-order valence-electron chi connectivity index (χ0n) is 15.7. The Morgan fingerprint density at radius 1 is 1.15 bits per heavy atom. The first-order chi connectivity index (χ1) is 13.0. The number of nitrogens with zero attached hydrogens (tertiary/aromatic N) is 2. The summed E-state index contributed by atoms with van der Waals surface area (Å²) < 4.78 is 0. The normalized spacial score (nSPS) is 17.8. The molecule has 1 N–H and O–H groups in total. The van der Waals surface area contributed by atoms with Gasteiger partial charge < -0.3 is 15.1 Å². The van der Waals surface area contributed by atoms with Gasteiger partial charge in [-0.3, -0.25) is 9.59 Å². The molecule has 0 saturated carbocycles. The molecule has 0 unspecified atom stereocenters. The molecule has 2 aromatic rings. The first-order valence-corrected chi connectivity index (χ1v) is 8.82. The third kappa shape index (κ3) is 3.84. The van der Waals surface area contributed by atoms with Gasteiger partial charge in [0.25, 0.3) is 5.91 Å². The predicted octanol–water partition coefficient (Wildman–Crippen LogP) is 2.62. The molecule has 27 heavy (non-hydrogen) atoms. The summed E-state index contributed by atoms with van der Waals surface area (Å²) in [6, 6.07) is 15.0. The maximum absolute atomic E-state index is 13.0. The Kier molecular flexibility index (Phi) is 5.54. The number of hydrogen-bond acceptors (Lipinski definition) is 4. The number of nitrogens with one attached hydrogen (secondary N) is 1. The van der Waals surface area contributed by atoms with Gasteiger partial charge in [-0.05, 0) is 35.7 Å². The minimum Gasteiger partial charge on any atom is -0.399 e. The number of rotatable bonds is 4. The molecule has 1 saturated heterocycles. The molecule has 6 heteroatoms. The minimum atomic E-state index is -0.576. The number of likely N-dealkylation sites (tertiary alicyclic amines) is 1. The summed E-state index contributed by atoms with van der Waals surface area (Å²) in [7, 11) is 3.02. The molecule has 1 heterocycles. The van der Waals surface area contributed by atoms with Crippen molar-refractivity contribution in [2.75, 3.05) is 20.7 Å². The zero-order chi connectivity index (χ0) is 19.4. The molecule has 0 aliphatic carbocycles. The van der Waals surface area contributed by atoms with Crippen molar-refractivity contribution in [1.29, 1.82) is 0 Å². The average molecular weight is 365 g/mol.